The summed E-state index contributed by atoms with van der Waals surface area (Å²) < 4.78 is 32.1. The van der Waals surface area contributed by atoms with Crippen molar-refractivity contribution >= 4 is 43.3 Å². The van der Waals surface area contributed by atoms with Crippen LogP contribution in [-0.2, 0) is 32.2 Å². The molecule has 3 aromatic rings. The Morgan fingerprint density at radius 1 is 1.13 bits per heavy atom. The van der Waals surface area contributed by atoms with E-state index in [0.717, 1.165) is 15.8 Å². The van der Waals surface area contributed by atoms with Crippen LogP contribution >= 0.6 is 11.3 Å². The van der Waals surface area contributed by atoms with Crippen molar-refractivity contribution in [2.45, 2.75) is 25.5 Å². The summed E-state index contributed by atoms with van der Waals surface area (Å²) in [6.45, 7) is 2.04. The zero-order valence-corrected chi connectivity index (χ0v) is 19.0. The van der Waals surface area contributed by atoms with Gasteiger partial charge in [0.25, 0.3) is 0 Å². The average molecular weight is 461 g/mol. The summed E-state index contributed by atoms with van der Waals surface area (Å²) in [5.41, 5.74) is 2.02. The van der Waals surface area contributed by atoms with E-state index in [1.54, 1.807) is 61.0 Å². The number of aromatic nitrogens is 1. The molecule has 0 unspecified atom stereocenters. The zero-order chi connectivity index (χ0) is 22.4. The number of nitrogens with zero attached hydrogens (tertiary/aromatic N) is 2. The van der Waals surface area contributed by atoms with Crippen LogP contribution in [0.25, 0.3) is 10.2 Å². The van der Waals surface area contributed by atoms with Crippen LogP contribution in [0.4, 0.5) is 0 Å². The summed E-state index contributed by atoms with van der Waals surface area (Å²) in [5.74, 6) is -0.868. The van der Waals surface area contributed by atoms with E-state index < -0.39 is 15.8 Å². The van der Waals surface area contributed by atoms with Gasteiger partial charge in [-0.3, -0.25) is 4.79 Å². The number of fused-ring (bicyclic) bond motifs is 1. The lowest BCUT2D eigenvalue weighted by atomic mass is 10.2. The second-order valence-corrected chi connectivity index (χ2v) is 10.2. The van der Waals surface area contributed by atoms with E-state index in [1.165, 1.54) is 11.3 Å². The Hall–Kier alpha value is -2.78. The maximum absolute atomic E-state index is 12.3. The van der Waals surface area contributed by atoms with Crippen LogP contribution in [-0.4, -0.2) is 37.2 Å². The van der Waals surface area contributed by atoms with Gasteiger partial charge >= 0.3 is 5.97 Å². The number of hydrogen-bond acceptors (Lipinski definition) is 6. The van der Waals surface area contributed by atoms with Gasteiger partial charge in [-0.15, -0.1) is 0 Å². The summed E-state index contributed by atoms with van der Waals surface area (Å²) in [6, 6.07) is 14.2. The number of aryl methyl sites for hydroxylation is 1. The summed E-state index contributed by atoms with van der Waals surface area (Å²) in [4.78, 5) is 28.9. The molecule has 1 amide bonds. The fourth-order valence-corrected chi connectivity index (χ4v) is 5.59. The fourth-order valence-electron chi connectivity index (χ4n) is 3.09. The van der Waals surface area contributed by atoms with Crippen LogP contribution < -0.4 is 4.80 Å². The van der Waals surface area contributed by atoms with E-state index in [1.807, 2.05) is 6.07 Å². The number of thiazole rings is 1. The summed E-state index contributed by atoms with van der Waals surface area (Å²) in [5, 5.41) is 0. The molecule has 2 aromatic carbocycles. The van der Waals surface area contributed by atoms with Crippen molar-refractivity contribution in [3.8, 4) is 0 Å². The summed E-state index contributed by atoms with van der Waals surface area (Å²) in [6.07, 6.45) is 0.273. The molecule has 1 aromatic heterocycles. The molecular formula is C22H24N2O5S2. The van der Waals surface area contributed by atoms with Crippen LogP contribution in [0.5, 0.6) is 0 Å². The molecule has 0 saturated heterocycles. The van der Waals surface area contributed by atoms with Crippen LogP contribution in [0.1, 0.15) is 35.7 Å². The van der Waals surface area contributed by atoms with Crippen molar-refractivity contribution in [2.75, 3.05) is 12.4 Å². The normalized spacial score (nSPS) is 12.3. The monoisotopic (exact) mass is 460 g/mol. The molecule has 31 heavy (non-hydrogen) atoms. The molecule has 7 nitrogen and oxygen atoms in total. The molecule has 0 spiro atoms. The van der Waals surface area contributed by atoms with Crippen molar-refractivity contribution in [2.24, 2.45) is 12.0 Å². The maximum Gasteiger partial charge on any atom is 0.338 e. The Labute approximate surface area is 184 Å². The van der Waals surface area contributed by atoms with Crippen LogP contribution in [0.15, 0.2) is 53.5 Å². The van der Waals surface area contributed by atoms with Crippen molar-refractivity contribution in [3.63, 3.8) is 0 Å². The molecule has 0 aliphatic heterocycles. The van der Waals surface area contributed by atoms with E-state index in [-0.39, 0.29) is 30.3 Å². The third-order valence-electron chi connectivity index (χ3n) is 4.62. The van der Waals surface area contributed by atoms with Gasteiger partial charge in [-0.05, 0) is 37.1 Å². The number of carbonyl (C=O) groups excluding carboxylic acids is 2. The number of amides is 1. The number of ether oxygens (including phenoxy) is 1. The van der Waals surface area contributed by atoms with Gasteiger partial charge < -0.3 is 9.30 Å². The largest absolute Gasteiger partial charge is 0.462 e. The zero-order valence-electron chi connectivity index (χ0n) is 17.4. The maximum atomic E-state index is 12.3. The number of sulfone groups is 1. The van der Waals surface area contributed by atoms with Crippen LogP contribution in [0, 0.1) is 0 Å². The fraction of sp³-hybridized carbons (Fsp3) is 0.318. The van der Waals surface area contributed by atoms with Crippen LogP contribution in [0.3, 0.4) is 0 Å². The minimum Gasteiger partial charge on any atom is -0.462 e. The van der Waals surface area contributed by atoms with Gasteiger partial charge in [-0.2, -0.15) is 4.99 Å². The Kier molecular flexibility index (Phi) is 7.40. The highest BCUT2D eigenvalue weighted by Gasteiger charge is 2.14. The van der Waals surface area contributed by atoms with Gasteiger partial charge in [-0.1, -0.05) is 41.7 Å². The highest BCUT2D eigenvalue weighted by molar-refractivity contribution is 7.90. The van der Waals surface area contributed by atoms with Gasteiger partial charge in [-0.25, -0.2) is 13.2 Å². The molecule has 0 bridgehead atoms. The van der Waals surface area contributed by atoms with Crippen molar-refractivity contribution in [1.82, 2.24) is 4.57 Å². The first-order chi connectivity index (χ1) is 14.8. The lowest BCUT2D eigenvalue weighted by Gasteiger charge is -2.03. The Balaban J connectivity index is 1.66. The second kappa shape index (κ2) is 10.0. The highest BCUT2D eigenvalue weighted by Crippen LogP contribution is 2.19. The Morgan fingerprint density at radius 2 is 1.87 bits per heavy atom. The molecule has 3 rings (SSSR count). The molecule has 0 atom stereocenters. The minimum atomic E-state index is -3.29. The molecule has 0 N–H and O–H groups in total. The summed E-state index contributed by atoms with van der Waals surface area (Å²) >= 11 is 1.29. The molecule has 0 aliphatic carbocycles. The molecule has 164 valence electrons. The number of esters is 1. The van der Waals surface area contributed by atoms with E-state index in [9.17, 15) is 18.0 Å². The standard InChI is InChI=1S/C22H24N2O5S2/c1-3-29-21(26)17-11-12-18-19(14-17)30-22(24(18)2)23-20(25)10-7-13-31(27,28)15-16-8-5-4-6-9-16/h4-6,8-9,11-12,14H,3,7,10,13,15H2,1-2H3. The topological polar surface area (TPSA) is 94.8 Å². The first-order valence-corrected chi connectivity index (χ1v) is 12.5. The second-order valence-electron chi connectivity index (χ2n) is 7.03. The smallest absolute Gasteiger partial charge is 0.338 e. The van der Waals surface area contributed by atoms with Crippen molar-refractivity contribution in [3.05, 3.63) is 64.5 Å². The molecule has 0 saturated carbocycles. The lowest BCUT2D eigenvalue weighted by Crippen LogP contribution is -2.14. The minimum absolute atomic E-state index is 0.0345. The quantitative estimate of drug-likeness (QED) is 0.481. The number of carbonyl (C=O) groups is 2. The van der Waals surface area contributed by atoms with Crippen molar-refractivity contribution < 1.29 is 22.7 Å². The molecular weight excluding hydrogens is 436 g/mol. The predicted octanol–water partition coefficient (Wildman–Crippen LogP) is 3.24. The lowest BCUT2D eigenvalue weighted by molar-refractivity contribution is -0.118. The number of hydrogen-bond donors (Lipinski definition) is 0. The molecule has 0 aliphatic rings. The number of benzene rings is 2. The van der Waals surface area contributed by atoms with Crippen molar-refractivity contribution in [1.29, 1.82) is 0 Å². The molecule has 0 fully saturated rings. The highest BCUT2D eigenvalue weighted by atomic mass is 32.2. The molecule has 1 heterocycles. The molecule has 0 radical (unpaired) electrons. The third-order valence-corrected chi connectivity index (χ3v) is 7.39. The first-order valence-electron chi connectivity index (χ1n) is 9.87. The predicted molar refractivity (Wildman–Crippen MR) is 120 cm³/mol. The van der Waals surface area contributed by atoms with Gasteiger partial charge in [0, 0.05) is 13.5 Å². The van der Waals surface area contributed by atoms with E-state index in [0.29, 0.717) is 17.0 Å². The number of rotatable bonds is 8. The average Bonchev–Trinajstić information content (AvgIpc) is 3.03. The molecule has 9 heteroatoms. The summed E-state index contributed by atoms with van der Waals surface area (Å²) in [7, 11) is -1.50. The SMILES string of the molecule is CCOC(=O)c1ccc2c(c1)sc(=NC(=O)CCCS(=O)(=O)Cc1ccccc1)n2C. The Morgan fingerprint density at radius 3 is 2.58 bits per heavy atom. The van der Waals surface area contributed by atoms with Crippen LogP contribution in [0.2, 0.25) is 0 Å². The third kappa shape index (κ3) is 6.11. The van der Waals surface area contributed by atoms with Gasteiger partial charge in [0.1, 0.15) is 0 Å². The Bertz CT molecular complexity index is 1260. The van der Waals surface area contributed by atoms with Gasteiger partial charge in [0.05, 0.1) is 33.9 Å². The first kappa shape index (κ1) is 22.9. The van der Waals surface area contributed by atoms with E-state index in [2.05, 4.69) is 4.99 Å². The van der Waals surface area contributed by atoms with E-state index in [4.69, 9.17) is 4.74 Å². The van der Waals surface area contributed by atoms with Gasteiger partial charge in [0.15, 0.2) is 14.6 Å². The van der Waals surface area contributed by atoms with E-state index >= 15 is 0 Å². The van der Waals surface area contributed by atoms with Gasteiger partial charge in [0.2, 0.25) is 5.91 Å².